The van der Waals surface area contributed by atoms with E-state index in [-0.39, 0.29) is 24.1 Å². The first-order chi connectivity index (χ1) is 15.0. The van der Waals surface area contributed by atoms with Crippen LogP contribution in [0.15, 0.2) is 71.8 Å². The molecule has 1 N–H and O–H groups in total. The summed E-state index contributed by atoms with van der Waals surface area (Å²) in [6, 6.07) is 16.6. The van der Waals surface area contributed by atoms with Gasteiger partial charge in [0.1, 0.15) is 12.4 Å². The van der Waals surface area contributed by atoms with Gasteiger partial charge in [-0.1, -0.05) is 48.5 Å². The number of rotatable bonds is 6. The van der Waals surface area contributed by atoms with E-state index < -0.39 is 12.0 Å². The topological polar surface area (TPSA) is 80.4 Å². The summed E-state index contributed by atoms with van der Waals surface area (Å²) in [5.41, 5.74) is 3.68. The van der Waals surface area contributed by atoms with Gasteiger partial charge in [-0.3, -0.25) is 9.69 Å². The number of hydrogen-bond donors (Lipinski definition) is 1. The van der Waals surface area contributed by atoms with Crippen molar-refractivity contribution in [3.05, 3.63) is 88.6 Å². The molecule has 1 aliphatic heterocycles. The fourth-order valence-electron chi connectivity index (χ4n) is 4.01. The Balaban J connectivity index is 0.00000289. The predicted molar refractivity (Wildman–Crippen MR) is 126 cm³/mol. The van der Waals surface area contributed by atoms with Gasteiger partial charge in [0.05, 0.1) is 11.7 Å². The van der Waals surface area contributed by atoms with Gasteiger partial charge in [0.15, 0.2) is 0 Å². The van der Waals surface area contributed by atoms with Crippen molar-refractivity contribution in [2.24, 2.45) is 0 Å². The number of halogens is 1. The minimum absolute atomic E-state index is 0. The van der Waals surface area contributed by atoms with Crippen molar-refractivity contribution in [1.82, 2.24) is 19.2 Å². The van der Waals surface area contributed by atoms with Crippen LogP contribution in [-0.2, 0) is 4.79 Å². The molecule has 1 aliphatic rings. The van der Waals surface area contributed by atoms with Crippen LogP contribution < -0.4 is 5.69 Å². The maximum Gasteiger partial charge on any atom is 0.350 e. The van der Waals surface area contributed by atoms with Gasteiger partial charge in [-0.2, -0.15) is 5.10 Å². The molecule has 1 unspecified atom stereocenters. The molecule has 3 aromatic rings. The van der Waals surface area contributed by atoms with Crippen LogP contribution in [0.5, 0.6) is 0 Å². The van der Waals surface area contributed by atoms with Crippen LogP contribution in [0.2, 0.25) is 0 Å². The van der Waals surface area contributed by atoms with Crippen LogP contribution in [0.25, 0.3) is 11.3 Å². The number of carboxylic acids is 1. The predicted octanol–water partition coefficient (Wildman–Crippen LogP) is 3.95. The molecule has 32 heavy (non-hydrogen) atoms. The van der Waals surface area contributed by atoms with Crippen LogP contribution in [0.3, 0.4) is 0 Å². The molecule has 0 saturated carbocycles. The molecule has 1 atom stereocenters. The minimum Gasteiger partial charge on any atom is -0.480 e. The fourth-order valence-corrected chi connectivity index (χ4v) is 4.01. The molecule has 0 aliphatic carbocycles. The zero-order valence-electron chi connectivity index (χ0n) is 18.1. The van der Waals surface area contributed by atoms with Crippen molar-refractivity contribution in [2.45, 2.75) is 32.4 Å². The number of aliphatic carboxylic acids is 1. The SMILES string of the molecule is CC(C)n1ncn(-c2ccc(C3=CCN(C(C(=O)O)c4ccccc4)CC3)cc2)c1=O.Cl. The van der Waals surface area contributed by atoms with E-state index in [1.54, 1.807) is 6.33 Å². The van der Waals surface area contributed by atoms with Crippen LogP contribution in [0.1, 0.15) is 43.5 Å². The molecular formula is C24H27ClN4O3. The first kappa shape index (κ1) is 23.5. The zero-order valence-corrected chi connectivity index (χ0v) is 18.9. The summed E-state index contributed by atoms with van der Waals surface area (Å²) in [5.74, 6) is -0.834. The molecule has 0 spiro atoms. The lowest BCUT2D eigenvalue weighted by molar-refractivity contribution is -0.143. The van der Waals surface area contributed by atoms with Crippen LogP contribution in [-0.4, -0.2) is 43.4 Å². The Bertz CT molecular complexity index is 1150. The van der Waals surface area contributed by atoms with E-state index in [1.807, 2.05) is 73.3 Å². The lowest BCUT2D eigenvalue weighted by Crippen LogP contribution is -2.37. The van der Waals surface area contributed by atoms with Gasteiger partial charge in [-0.05, 0) is 49.1 Å². The van der Waals surface area contributed by atoms with Crippen molar-refractivity contribution < 1.29 is 9.90 Å². The molecule has 0 amide bonds. The van der Waals surface area contributed by atoms with E-state index in [0.29, 0.717) is 13.1 Å². The normalized spacial score (nSPS) is 15.2. The average molecular weight is 455 g/mol. The van der Waals surface area contributed by atoms with Gasteiger partial charge in [0.2, 0.25) is 0 Å². The Morgan fingerprint density at radius 3 is 2.28 bits per heavy atom. The second-order valence-corrected chi connectivity index (χ2v) is 7.99. The van der Waals surface area contributed by atoms with Gasteiger partial charge >= 0.3 is 11.7 Å². The number of carboxylic acid groups (broad SMARTS) is 1. The summed E-state index contributed by atoms with van der Waals surface area (Å²) >= 11 is 0. The largest absolute Gasteiger partial charge is 0.480 e. The van der Waals surface area contributed by atoms with Gasteiger partial charge < -0.3 is 5.11 Å². The standard InChI is InChI=1S/C24H26N4O3.ClH/c1-17(2)28-24(31)27(16-25-28)21-10-8-18(9-11-21)19-12-14-26(15-13-19)22(23(29)30)20-6-4-3-5-7-20;/h3-12,16-17,22H,13-15H2,1-2H3,(H,29,30);1H. The number of carbonyl (C=O) groups is 1. The van der Waals surface area contributed by atoms with Gasteiger partial charge in [-0.15, -0.1) is 12.4 Å². The third kappa shape index (κ3) is 4.69. The van der Waals surface area contributed by atoms with Crippen molar-refractivity contribution in [3.63, 3.8) is 0 Å². The first-order valence-electron chi connectivity index (χ1n) is 10.4. The fraction of sp³-hybridized carbons (Fsp3) is 0.292. The average Bonchev–Trinajstić information content (AvgIpc) is 3.17. The Hall–Kier alpha value is -3.16. The molecule has 168 valence electrons. The molecule has 2 heterocycles. The molecule has 4 rings (SSSR count). The molecule has 0 fully saturated rings. The highest BCUT2D eigenvalue weighted by Crippen LogP contribution is 2.29. The van der Waals surface area contributed by atoms with Crippen LogP contribution >= 0.6 is 12.4 Å². The van der Waals surface area contributed by atoms with Crippen molar-refractivity contribution in [3.8, 4) is 5.69 Å². The third-order valence-electron chi connectivity index (χ3n) is 5.65. The van der Waals surface area contributed by atoms with Crippen LogP contribution in [0.4, 0.5) is 0 Å². The van der Waals surface area contributed by atoms with E-state index in [1.165, 1.54) is 14.8 Å². The Labute approximate surface area is 193 Å². The highest BCUT2D eigenvalue weighted by molar-refractivity contribution is 5.85. The molecule has 0 bridgehead atoms. The summed E-state index contributed by atoms with van der Waals surface area (Å²) in [6.45, 7) is 5.09. The van der Waals surface area contributed by atoms with E-state index in [2.05, 4.69) is 11.2 Å². The van der Waals surface area contributed by atoms with Crippen molar-refractivity contribution in [1.29, 1.82) is 0 Å². The summed E-state index contributed by atoms with van der Waals surface area (Å²) in [7, 11) is 0. The lowest BCUT2D eigenvalue weighted by atomic mass is 9.97. The second-order valence-electron chi connectivity index (χ2n) is 7.99. The monoisotopic (exact) mass is 454 g/mol. The van der Waals surface area contributed by atoms with Gasteiger partial charge in [0.25, 0.3) is 0 Å². The summed E-state index contributed by atoms with van der Waals surface area (Å²) in [5, 5.41) is 13.9. The smallest absolute Gasteiger partial charge is 0.350 e. The maximum absolute atomic E-state index is 12.5. The van der Waals surface area contributed by atoms with Crippen molar-refractivity contribution in [2.75, 3.05) is 13.1 Å². The van der Waals surface area contributed by atoms with E-state index in [4.69, 9.17) is 0 Å². The number of aromatic nitrogens is 3. The zero-order chi connectivity index (χ0) is 22.0. The Morgan fingerprint density at radius 2 is 1.75 bits per heavy atom. The molecule has 2 aromatic carbocycles. The number of hydrogen-bond acceptors (Lipinski definition) is 4. The first-order valence-corrected chi connectivity index (χ1v) is 10.4. The Morgan fingerprint density at radius 1 is 1.06 bits per heavy atom. The number of benzene rings is 2. The van der Waals surface area contributed by atoms with Crippen molar-refractivity contribution >= 4 is 23.9 Å². The van der Waals surface area contributed by atoms with Gasteiger partial charge in [0, 0.05) is 13.1 Å². The summed E-state index contributed by atoms with van der Waals surface area (Å²) in [4.78, 5) is 26.3. The van der Waals surface area contributed by atoms with Crippen LogP contribution in [0, 0.1) is 0 Å². The van der Waals surface area contributed by atoms with Gasteiger partial charge in [-0.25, -0.2) is 14.0 Å². The molecule has 8 heteroatoms. The minimum atomic E-state index is -0.834. The van der Waals surface area contributed by atoms with E-state index in [0.717, 1.165) is 23.2 Å². The molecule has 7 nitrogen and oxygen atoms in total. The maximum atomic E-state index is 12.5. The molecule has 0 saturated heterocycles. The molecule has 1 aromatic heterocycles. The highest BCUT2D eigenvalue weighted by atomic mass is 35.5. The lowest BCUT2D eigenvalue weighted by Gasteiger charge is -2.31. The quantitative estimate of drug-likeness (QED) is 0.610. The highest BCUT2D eigenvalue weighted by Gasteiger charge is 2.28. The van der Waals surface area contributed by atoms with E-state index in [9.17, 15) is 14.7 Å². The third-order valence-corrected chi connectivity index (χ3v) is 5.65. The Kier molecular flexibility index (Phi) is 7.33. The molecule has 0 radical (unpaired) electrons. The molecular weight excluding hydrogens is 428 g/mol. The second kappa shape index (κ2) is 9.97. The number of nitrogens with zero attached hydrogens (tertiary/aromatic N) is 4. The summed E-state index contributed by atoms with van der Waals surface area (Å²) < 4.78 is 3.00. The van der Waals surface area contributed by atoms with E-state index >= 15 is 0 Å². The summed E-state index contributed by atoms with van der Waals surface area (Å²) in [6.07, 6.45) is 4.41.